The fraction of sp³-hybridized carbons (Fsp3) is 0.765. The van der Waals surface area contributed by atoms with Crippen LogP contribution in [0.5, 0.6) is 0 Å². The van der Waals surface area contributed by atoms with Gasteiger partial charge in [-0.2, -0.15) is 0 Å². The predicted octanol–water partition coefficient (Wildman–Crippen LogP) is -0.0470. The Morgan fingerprint density at radius 1 is 1.33 bits per heavy atom. The summed E-state index contributed by atoms with van der Waals surface area (Å²) in [6, 6.07) is 0. The molecule has 3 heterocycles. The van der Waals surface area contributed by atoms with E-state index in [1.54, 1.807) is 0 Å². The van der Waals surface area contributed by atoms with E-state index in [-0.39, 0.29) is 12.5 Å². The lowest BCUT2D eigenvalue weighted by atomic mass is 9.52. The van der Waals surface area contributed by atoms with Crippen molar-refractivity contribution in [2.45, 2.75) is 56.4 Å². The third kappa shape index (κ3) is 1.18. The molecule has 7 nitrogen and oxygen atoms in total. The van der Waals surface area contributed by atoms with E-state index in [9.17, 15) is 14.7 Å². The number of rotatable bonds is 2. The van der Waals surface area contributed by atoms with Crippen molar-refractivity contribution in [3.05, 3.63) is 12.2 Å². The molecule has 5 aliphatic rings. The minimum atomic E-state index is -1.51. The van der Waals surface area contributed by atoms with Crippen LogP contribution < -0.4 is 0 Å². The molecule has 2 aliphatic carbocycles. The molecular formula is C17H20O7. The Hall–Kier alpha value is -1.44. The van der Waals surface area contributed by atoms with Crippen LogP contribution in [0.25, 0.3) is 0 Å². The highest BCUT2D eigenvalue weighted by atomic mass is 16.7. The van der Waals surface area contributed by atoms with Gasteiger partial charge in [0.15, 0.2) is 5.60 Å². The largest absolute Gasteiger partial charge is 0.459 e. The van der Waals surface area contributed by atoms with Crippen molar-refractivity contribution in [3.8, 4) is 0 Å². The number of aliphatic hydroxyl groups is 1. The Kier molecular flexibility index (Phi) is 2.39. The second-order valence-electron chi connectivity index (χ2n) is 7.97. The van der Waals surface area contributed by atoms with Crippen LogP contribution in [0.1, 0.15) is 20.8 Å². The maximum absolute atomic E-state index is 12.6. The molecule has 24 heavy (non-hydrogen) atoms. The van der Waals surface area contributed by atoms with E-state index in [0.717, 1.165) is 5.57 Å². The molecule has 9 atom stereocenters. The van der Waals surface area contributed by atoms with Crippen molar-refractivity contribution >= 4 is 11.9 Å². The van der Waals surface area contributed by atoms with Crippen LogP contribution in [0, 0.1) is 17.3 Å². The van der Waals surface area contributed by atoms with Crippen LogP contribution in [0.2, 0.25) is 0 Å². The SMILES string of the molecule is C=C(C)C1C2OC(=O)C1C1(O)C3OC3C3(OC(C)=O)COC2C31C. The van der Waals surface area contributed by atoms with Crippen LogP contribution in [-0.2, 0) is 28.5 Å². The number of carbonyl (C=O) groups is 2. The number of esters is 2. The van der Waals surface area contributed by atoms with E-state index in [1.807, 2.05) is 13.8 Å². The first kappa shape index (κ1) is 14.9. The van der Waals surface area contributed by atoms with Crippen LogP contribution in [-0.4, -0.2) is 59.3 Å². The van der Waals surface area contributed by atoms with Crippen LogP contribution in [0.3, 0.4) is 0 Å². The fourth-order valence-electron chi connectivity index (χ4n) is 6.07. The number of hydrogen-bond donors (Lipinski definition) is 1. The van der Waals surface area contributed by atoms with Gasteiger partial charge in [-0.1, -0.05) is 12.2 Å². The lowest BCUT2D eigenvalue weighted by Gasteiger charge is -2.54. The van der Waals surface area contributed by atoms with Gasteiger partial charge in [0.25, 0.3) is 0 Å². The van der Waals surface area contributed by atoms with E-state index in [1.165, 1.54) is 6.92 Å². The molecule has 1 N–H and O–H groups in total. The first-order chi connectivity index (χ1) is 11.2. The summed E-state index contributed by atoms with van der Waals surface area (Å²) in [6.07, 6.45) is -2.12. The summed E-state index contributed by atoms with van der Waals surface area (Å²) >= 11 is 0. The summed E-state index contributed by atoms with van der Waals surface area (Å²) in [5, 5.41) is 11.8. The van der Waals surface area contributed by atoms with Gasteiger partial charge in [0, 0.05) is 12.8 Å². The highest BCUT2D eigenvalue weighted by molar-refractivity contribution is 5.80. The molecule has 7 heteroatoms. The van der Waals surface area contributed by atoms with E-state index >= 15 is 0 Å². The zero-order chi connectivity index (χ0) is 17.2. The summed E-state index contributed by atoms with van der Waals surface area (Å²) in [7, 11) is 0. The summed E-state index contributed by atoms with van der Waals surface area (Å²) < 4.78 is 23.0. The lowest BCUT2D eigenvalue weighted by Crippen LogP contribution is -2.70. The number of epoxide rings is 1. The Labute approximate surface area is 138 Å². The van der Waals surface area contributed by atoms with Crippen molar-refractivity contribution in [2.75, 3.05) is 6.61 Å². The maximum atomic E-state index is 12.6. The minimum Gasteiger partial charge on any atom is -0.459 e. The molecule has 9 unspecified atom stereocenters. The zero-order valence-corrected chi connectivity index (χ0v) is 13.8. The first-order valence-corrected chi connectivity index (χ1v) is 8.25. The Morgan fingerprint density at radius 2 is 2.04 bits per heavy atom. The average Bonchev–Trinajstić information content (AvgIpc) is 3.11. The van der Waals surface area contributed by atoms with Gasteiger partial charge >= 0.3 is 11.9 Å². The van der Waals surface area contributed by atoms with Gasteiger partial charge in [-0.15, -0.1) is 0 Å². The highest BCUT2D eigenvalue weighted by Gasteiger charge is 2.94. The van der Waals surface area contributed by atoms with E-state index in [4.69, 9.17) is 18.9 Å². The summed E-state index contributed by atoms with van der Waals surface area (Å²) in [5.74, 6) is -2.03. The van der Waals surface area contributed by atoms with Gasteiger partial charge in [0.1, 0.15) is 30.0 Å². The van der Waals surface area contributed by atoms with Crippen molar-refractivity contribution in [1.29, 1.82) is 0 Å². The monoisotopic (exact) mass is 336 g/mol. The number of fused-ring (bicyclic) bond motifs is 7. The van der Waals surface area contributed by atoms with Crippen molar-refractivity contribution < 1.29 is 33.6 Å². The van der Waals surface area contributed by atoms with Crippen LogP contribution >= 0.6 is 0 Å². The van der Waals surface area contributed by atoms with Crippen molar-refractivity contribution in [1.82, 2.24) is 0 Å². The molecule has 3 saturated heterocycles. The van der Waals surface area contributed by atoms with Crippen molar-refractivity contribution in [3.63, 3.8) is 0 Å². The van der Waals surface area contributed by atoms with Crippen molar-refractivity contribution in [2.24, 2.45) is 17.3 Å². The van der Waals surface area contributed by atoms with Gasteiger partial charge < -0.3 is 24.1 Å². The molecule has 5 fully saturated rings. The topological polar surface area (TPSA) is 94.6 Å². The van der Waals surface area contributed by atoms with Gasteiger partial charge in [-0.25, -0.2) is 0 Å². The van der Waals surface area contributed by atoms with Gasteiger partial charge in [-0.05, 0) is 13.8 Å². The summed E-state index contributed by atoms with van der Waals surface area (Å²) in [4.78, 5) is 24.3. The molecule has 2 bridgehead atoms. The summed E-state index contributed by atoms with van der Waals surface area (Å²) in [5.41, 5.74) is -2.80. The number of ether oxygens (including phenoxy) is 4. The minimum absolute atomic E-state index is 0.126. The maximum Gasteiger partial charge on any atom is 0.313 e. The van der Waals surface area contributed by atoms with Gasteiger partial charge in [0.05, 0.1) is 17.9 Å². The average molecular weight is 336 g/mol. The smallest absolute Gasteiger partial charge is 0.313 e. The molecule has 0 aromatic rings. The molecule has 0 amide bonds. The lowest BCUT2D eigenvalue weighted by molar-refractivity contribution is -0.235. The number of carbonyl (C=O) groups excluding carboxylic acids is 2. The molecule has 3 aliphatic heterocycles. The number of hydrogen-bond acceptors (Lipinski definition) is 7. The fourth-order valence-corrected chi connectivity index (χ4v) is 6.07. The molecular weight excluding hydrogens is 316 g/mol. The quantitative estimate of drug-likeness (QED) is 0.429. The molecule has 5 rings (SSSR count). The molecule has 2 saturated carbocycles. The highest BCUT2D eigenvalue weighted by Crippen LogP contribution is 2.75. The molecule has 0 aromatic heterocycles. The predicted molar refractivity (Wildman–Crippen MR) is 77.6 cm³/mol. The normalized spacial score (nSPS) is 58.8. The van der Waals surface area contributed by atoms with Gasteiger partial charge in [-0.3, -0.25) is 9.59 Å². The molecule has 0 spiro atoms. The molecule has 0 radical (unpaired) electrons. The second-order valence-corrected chi connectivity index (χ2v) is 7.97. The molecule has 130 valence electrons. The second kappa shape index (κ2) is 3.86. The van der Waals surface area contributed by atoms with E-state index in [2.05, 4.69) is 6.58 Å². The Bertz CT molecular complexity index is 703. The van der Waals surface area contributed by atoms with Crippen LogP contribution in [0.4, 0.5) is 0 Å². The summed E-state index contributed by atoms with van der Waals surface area (Å²) in [6.45, 7) is 9.10. The van der Waals surface area contributed by atoms with E-state index < -0.39 is 58.9 Å². The van der Waals surface area contributed by atoms with Crippen LogP contribution in [0.15, 0.2) is 12.2 Å². The zero-order valence-electron chi connectivity index (χ0n) is 13.8. The Balaban J connectivity index is 1.74. The first-order valence-electron chi connectivity index (χ1n) is 8.25. The van der Waals surface area contributed by atoms with E-state index in [0.29, 0.717) is 0 Å². The standard InChI is InChI=1S/C17H20O7/c1-6(2)8-9-14(19)22-10(8)11-15(4)16(5-21-11,24-7(3)18)12-13(23-12)17(9,15)20/h8-13,20H,1,5H2,2-4H3. The Morgan fingerprint density at radius 3 is 2.67 bits per heavy atom. The third-order valence-electron chi connectivity index (χ3n) is 7.03. The van der Waals surface area contributed by atoms with Gasteiger partial charge in [0.2, 0.25) is 0 Å². The third-order valence-corrected chi connectivity index (χ3v) is 7.03. The molecule has 0 aromatic carbocycles.